The highest BCUT2D eigenvalue weighted by molar-refractivity contribution is 5.93. The molecule has 1 aliphatic rings. The second-order valence-corrected chi connectivity index (χ2v) is 7.14. The van der Waals surface area contributed by atoms with Crippen molar-refractivity contribution in [2.45, 2.75) is 13.3 Å². The maximum absolute atomic E-state index is 13.6. The van der Waals surface area contributed by atoms with E-state index in [-0.39, 0.29) is 24.0 Å². The number of carbonyl (C=O) groups excluding carboxylic acids is 2. The molecular formula is C22H27FN4O2. The Labute approximate surface area is 170 Å². The predicted octanol–water partition coefficient (Wildman–Crippen LogP) is 2.58. The number of anilines is 2. The van der Waals surface area contributed by atoms with Crippen LogP contribution in [-0.4, -0.2) is 60.9 Å². The van der Waals surface area contributed by atoms with Crippen molar-refractivity contribution >= 4 is 23.2 Å². The van der Waals surface area contributed by atoms with E-state index in [1.165, 1.54) is 6.07 Å². The first-order valence-electron chi connectivity index (χ1n) is 9.92. The highest BCUT2D eigenvalue weighted by atomic mass is 19.1. The summed E-state index contributed by atoms with van der Waals surface area (Å²) in [7, 11) is 0. The van der Waals surface area contributed by atoms with Crippen LogP contribution in [0, 0.1) is 5.82 Å². The molecule has 2 N–H and O–H groups in total. The van der Waals surface area contributed by atoms with Gasteiger partial charge in [-0.05, 0) is 30.2 Å². The third-order valence-corrected chi connectivity index (χ3v) is 5.02. The number of halogens is 1. The van der Waals surface area contributed by atoms with Crippen LogP contribution in [0.4, 0.5) is 15.8 Å². The molecule has 1 fully saturated rings. The average Bonchev–Trinajstić information content (AvgIpc) is 2.71. The molecule has 0 saturated carbocycles. The Hall–Kier alpha value is -2.77. The molecule has 1 heterocycles. The number of benzene rings is 2. The minimum atomic E-state index is -0.443. The van der Waals surface area contributed by atoms with Gasteiger partial charge >= 0.3 is 0 Å². The maximum Gasteiger partial charge on any atom is 0.238 e. The molecule has 0 aromatic heterocycles. The second-order valence-electron chi connectivity index (χ2n) is 7.14. The number of amides is 2. The van der Waals surface area contributed by atoms with E-state index >= 15 is 0 Å². The first-order valence-corrected chi connectivity index (χ1v) is 9.92. The van der Waals surface area contributed by atoms with Gasteiger partial charge in [0.15, 0.2) is 0 Å². The third kappa shape index (κ3) is 6.10. The predicted molar refractivity (Wildman–Crippen MR) is 112 cm³/mol. The van der Waals surface area contributed by atoms with Crippen molar-refractivity contribution in [1.82, 2.24) is 9.80 Å². The van der Waals surface area contributed by atoms with E-state index in [0.29, 0.717) is 32.7 Å². The van der Waals surface area contributed by atoms with Gasteiger partial charge in [-0.25, -0.2) is 4.39 Å². The van der Waals surface area contributed by atoms with Gasteiger partial charge in [0, 0.05) is 31.9 Å². The van der Waals surface area contributed by atoms with Crippen molar-refractivity contribution in [2.75, 3.05) is 49.9 Å². The fraction of sp³-hybridized carbons (Fsp3) is 0.364. The Balaban J connectivity index is 1.41. The number of piperazine rings is 1. The molecule has 29 heavy (non-hydrogen) atoms. The minimum Gasteiger partial charge on any atom is -0.325 e. The zero-order chi connectivity index (χ0) is 20.6. The number of hydrogen-bond acceptors (Lipinski definition) is 4. The number of aryl methyl sites for hydroxylation is 1. The number of nitrogens with one attached hydrogen (secondary N) is 2. The fourth-order valence-corrected chi connectivity index (χ4v) is 3.40. The van der Waals surface area contributed by atoms with E-state index in [0.717, 1.165) is 17.7 Å². The van der Waals surface area contributed by atoms with Gasteiger partial charge in [-0.2, -0.15) is 0 Å². The smallest absolute Gasteiger partial charge is 0.238 e. The molecule has 3 rings (SSSR count). The van der Waals surface area contributed by atoms with Crippen molar-refractivity contribution < 1.29 is 14.0 Å². The maximum atomic E-state index is 13.6. The van der Waals surface area contributed by atoms with Crippen molar-refractivity contribution in [1.29, 1.82) is 0 Å². The quantitative estimate of drug-likeness (QED) is 0.753. The highest BCUT2D eigenvalue weighted by Crippen LogP contribution is 2.16. The van der Waals surface area contributed by atoms with Gasteiger partial charge in [0.1, 0.15) is 5.82 Å². The average molecular weight is 398 g/mol. The van der Waals surface area contributed by atoms with Crippen LogP contribution in [0.3, 0.4) is 0 Å². The Bertz CT molecular complexity index is 850. The monoisotopic (exact) mass is 398 g/mol. The Kier molecular flexibility index (Phi) is 7.32. The largest absolute Gasteiger partial charge is 0.325 e. The number of hydrogen-bond donors (Lipinski definition) is 2. The normalized spacial score (nSPS) is 15.1. The van der Waals surface area contributed by atoms with Crippen LogP contribution in [0.1, 0.15) is 12.5 Å². The van der Waals surface area contributed by atoms with Crippen LogP contribution >= 0.6 is 0 Å². The summed E-state index contributed by atoms with van der Waals surface area (Å²) in [5, 5.41) is 5.60. The summed E-state index contributed by atoms with van der Waals surface area (Å²) in [4.78, 5) is 28.6. The lowest BCUT2D eigenvalue weighted by Crippen LogP contribution is -2.50. The van der Waals surface area contributed by atoms with Gasteiger partial charge in [-0.3, -0.25) is 19.4 Å². The third-order valence-electron chi connectivity index (χ3n) is 5.02. The van der Waals surface area contributed by atoms with E-state index in [1.807, 2.05) is 29.2 Å². The van der Waals surface area contributed by atoms with Gasteiger partial charge in [-0.1, -0.05) is 37.3 Å². The number of rotatable bonds is 7. The molecule has 6 nitrogen and oxygen atoms in total. The summed E-state index contributed by atoms with van der Waals surface area (Å²) in [5.41, 5.74) is 2.18. The van der Waals surface area contributed by atoms with Crippen LogP contribution in [-0.2, 0) is 16.0 Å². The molecule has 0 bridgehead atoms. The summed E-state index contributed by atoms with van der Waals surface area (Å²) in [6.07, 6.45) is 0.865. The van der Waals surface area contributed by atoms with Crippen molar-refractivity contribution in [2.24, 2.45) is 0 Å². The molecule has 0 radical (unpaired) electrons. The van der Waals surface area contributed by atoms with Crippen LogP contribution in [0.2, 0.25) is 0 Å². The molecule has 7 heteroatoms. The summed E-state index contributed by atoms with van der Waals surface area (Å²) in [6, 6.07) is 13.9. The van der Waals surface area contributed by atoms with Gasteiger partial charge in [-0.15, -0.1) is 0 Å². The van der Waals surface area contributed by atoms with E-state index in [9.17, 15) is 14.0 Å². The fourth-order valence-electron chi connectivity index (χ4n) is 3.40. The summed E-state index contributed by atoms with van der Waals surface area (Å²) >= 11 is 0. The lowest BCUT2D eigenvalue weighted by molar-refractivity contribution is -0.120. The van der Waals surface area contributed by atoms with Crippen LogP contribution in [0.25, 0.3) is 0 Å². The van der Waals surface area contributed by atoms with Gasteiger partial charge in [0.25, 0.3) is 0 Å². The molecule has 2 aromatic carbocycles. The summed E-state index contributed by atoms with van der Waals surface area (Å²) < 4.78 is 13.6. The Morgan fingerprint density at radius 3 is 1.86 bits per heavy atom. The minimum absolute atomic E-state index is 0.0309. The van der Waals surface area contributed by atoms with E-state index in [4.69, 9.17) is 0 Å². The number of para-hydroxylation sites is 2. The molecule has 154 valence electrons. The first-order chi connectivity index (χ1) is 14.0. The molecule has 0 unspecified atom stereocenters. The molecule has 1 aliphatic heterocycles. The van der Waals surface area contributed by atoms with Crippen LogP contribution in [0.15, 0.2) is 48.5 Å². The molecule has 0 aliphatic carbocycles. The topological polar surface area (TPSA) is 64.7 Å². The van der Waals surface area contributed by atoms with Crippen LogP contribution < -0.4 is 10.6 Å². The first kappa shape index (κ1) is 21.0. The van der Waals surface area contributed by atoms with E-state index < -0.39 is 5.82 Å². The van der Waals surface area contributed by atoms with Crippen molar-refractivity contribution in [3.05, 3.63) is 59.9 Å². The zero-order valence-corrected chi connectivity index (χ0v) is 16.7. The lowest BCUT2D eigenvalue weighted by atomic mass is 10.1. The van der Waals surface area contributed by atoms with Crippen molar-refractivity contribution in [3.63, 3.8) is 0 Å². The second kappa shape index (κ2) is 10.1. The zero-order valence-electron chi connectivity index (χ0n) is 16.7. The molecule has 0 atom stereocenters. The van der Waals surface area contributed by atoms with E-state index in [2.05, 4.69) is 22.5 Å². The number of carbonyl (C=O) groups is 2. The number of nitrogens with zero attached hydrogens (tertiary/aromatic N) is 2. The van der Waals surface area contributed by atoms with Crippen LogP contribution in [0.5, 0.6) is 0 Å². The van der Waals surface area contributed by atoms with E-state index in [1.54, 1.807) is 18.2 Å². The molecule has 1 saturated heterocycles. The van der Waals surface area contributed by atoms with Crippen molar-refractivity contribution in [3.8, 4) is 0 Å². The SMILES string of the molecule is CCc1ccccc1NC(=O)CN1CCN(CC(=O)Nc2ccccc2F)CC1. The summed E-state index contributed by atoms with van der Waals surface area (Å²) in [5.74, 6) is -0.713. The standard InChI is InChI=1S/C22H27FN4O2/c1-2-17-7-3-5-9-19(17)24-21(28)15-26-11-13-27(14-12-26)16-22(29)25-20-10-6-4-8-18(20)23/h3-10H,2,11-16H2,1H3,(H,24,28)(H,25,29). The van der Waals surface area contributed by atoms with Gasteiger partial charge in [0.2, 0.25) is 11.8 Å². The molecule has 0 spiro atoms. The Morgan fingerprint density at radius 2 is 1.31 bits per heavy atom. The molecular weight excluding hydrogens is 371 g/mol. The highest BCUT2D eigenvalue weighted by Gasteiger charge is 2.21. The summed E-state index contributed by atoms with van der Waals surface area (Å²) in [6.45, 7) is 5.37. The molecule has 2 aromatic rings. The van der Waals surface area contributed by atoms with Gasteiger partial charge in [0.05, 0.1) is 18.8 Å². The van der Waals surface area contributed by atoms with Gasteiger partial charge < -0.3 is 10.6 Å². The molecule has 2 amide bonds. The lowest BCUT2D eigenvalue weighted by Gasteiger charge is -2.33. The Morgan fingerprint density at radius 1 is 0.828 bits per heavy atom.